The van der Waals surface area contributed by atoms with Gasteiger partial charge in [0.05, 0.1) is 7.11 Å². The summed E-state index contributed by atoms with van der Waals surface area (Å²) in [5, 5.41) is 4.67. The maximum atomic E-state index is 5.82. The Morgan fingerprint density at radius 1 is 1.08 bits per heavy atom. The first-order valence-electron chi connectivity index (χ1n) is 8.71. The highest BCUT2D eigenvalue weighted by atomic mass is 16.7. The first-order chi connectivity index (χ1) is 12.2. The fourth-order valence-electron chi connectivity index (χ4n) is 3.44. The van der Waals surface area contributed by atoms with Crippen molar-refractivity contribution in [2.24, 2.45) is 0 Å². The first-order valence-corrected chi connectivity index (χ1v) is 8.71. The average molecular weight is 337 g/mol. The van der Waals surface area contributed by atoms with E-state index in [-0.39, 0.29) is 6.79 Å². The smallest absolute Gasteiger partial charge is 0.231 e. The van der Waals surface area contributed by atoms with Gasteiger partial charge < -0.3 is 19.1 Å². The van der Waals surface area contributed by atoms with Crippen LogP contribution in [0.25, 0.3) is 21.5 Å². The molecule has 0 spiro atoms. The van der Waals surface area contributed by atoms with E-state index >= 15 is 0 Å². The van der Waals surface area contributed by atoms with Crippen molar-refractivity contribution in [3.05, 3.63) is 42.0 Å². The van der Waals surface area contributed by atoms with E-state index in [4.69, 9.17) is 14.2 Å². The zero-order chi connectivity index (χ0) is 17.4. The predicted octanol–water partition coefficient (Wildman–Crippen LogP) is 4.22. The minimum absolute atomic E-state index is 0.281. The molecule has 0 fully saturated rings. The fraction of sp³-hybridized carbons (Fsp3) is 0.333. The Balaban J connectivity index is 1.95. The van der Waals surface area contributed by atoms with Crippen molar-refractivity contribution in [1.82, 2.24) is 4.90 Å². The molecule has 130 valence electrons. The van der Waals surface area contributed by atoms with Gasteiger partial charge >= 0.3 is 0 Å². The zero-order valence-corrected chi connectivity index (χ0v) is 15.0. The number of ether oxygens (including phenoxy) is 3. The van der Waals surface area contributed by atoms with Crippen molar-refractivity contribution in [3.63, 3.8) is 0 Å². The minimum atomic E-state index is 0.281. The Labute approximate surface area is 147 Å². The maximum absolute atomic E-state index is 5.82. The molecule has 3 aromatic rings. The number of methoxy groups -OCH3 is 1. The summed E-state index contributed by atoms with van der Waals surface area (Å²) in [6.07, 6.45) is 0.979. The topological polar surface area (TPSA) is 30.9 Å². The van der Waals surface area contributed by atoms with E-state index in [1.165, 1.54) is 16.3 Å². The summed E-state index contributed by atoms with van der Waals surface area (Å²) < 4.78 is 17.0. The second-order valence-electron chi connectivity index (χ2n) is 6.49. The summed E-state index contributed by atoms with van der Waals surface area (Å²) >= 11 is 0. The molecule has 25 heavy (non-hydrogen) atoms. The van der Waals surface area contributed by atoms with Gasteiger partial charge in [0, 0.05) is 11.9 Å². The maximum Gasteiger partial charge on any atom is 0.231 e. The molecule has 0 bridgehead atoms. The third-order valence-electron chi connectivity index (χ3n) is 5.05. The van der Waals surface area contributed by atoms with Crippen LogP contribution in [-0.2, 0) is 6.42 Å². The number of hydrogen-bond acceptors (Lipinski definition) is 4. The second kappa shape index (κ2) is 6.45. The summed E-state index contributed by atoms with van der Waals surface area (Å²) in [4.78, 5) is 2.32. The molecule has 0 amide bonds. The van der Waals surface area contributed by atoms with Gasteiger partial charge in [0.15, 0.2) is 11.5 Å². The summed E-state index contributed by atoms with van der Waals surface area (Å²) in [5.41, 5.74) is 1.30. The van der Waals surface area contributed by atoms with Crippen LogP contribution >= 0.6 is 0 Å². The van der Waals surface area contributed by atoms with Crippen molar-refractivity contribution in [2.75, 3.05) is 34.0 Å². The fourth-order valence-corrected chi connectivity index (χ4v) is 3.44. The molecule has 3 aromatic carbocycles. The van der Waals surface area contributed by atoms with E-state index in [1.54, 1.807) is 7.11 Å². The molecule has 4 nitrogen and oxygen atoms in total. The van der Waals surface area contributed by atoms with E-state index in [0.29, 0.717) is 0 Å². The van der Waals surface area contributed by atoms with Crippen LogP contribution in [0.2, 0.25) is 0 Å². The zero-order valence-electron chi connectivity index (χ0n) is 15.0. The van der Waals surface area contributed by atoms with Crippen molar-refractivity contribution >= 4 is 21.5 Å². The molecule has 0 unspecified atom stereocenters. The molecule has 1 heterocycles. The summed E-state index contributed by atoms with van der Waals surface area (Å²) in [6.45, 7) is 4.52. The number of benzene rings is 3. The lowest BCUT2D eigenvalue weighted by Gasteiger charge is -2.16. The molecule has 1 aliphatic rings. The van der Waals surface area contributed by atoms with E-state index in [1.807, 2.05) is 6.07 Å². The van der Waals surface area contributed by atoms with Crippen LogP contribution < -0.4 is 14.2 Å². The number of likely N-dealkylation sites (N-methyl/N-ethyl adjacent to an activating group) is 1. The van der Waals surface area contributed by atoms with Gasteiger partial charge in [0.25, 0.3) is 0 Å². The van der Waals surface area contributed by atoms with E-state index in [0.717, 1.165) is 47.5 Å². The van der Waals surface area contributed by atoms with Crippen molar-refractivity contribution in [1.29, 1.82) is 0 Å². The van der Waals surface area contributed by atoms with Gasteiger partial charge in [-0.25, -0.2) is 0 Å². The van der Waals surface area contributed by atoms with Gasteiger partial charge in [-0.15, -0.1) is 0 Å². The third kappa shape index (κ3) is 2.76. The number of nitrogens with zero attached hydrogens (tertiary/aromatic N) is 1. The van der Waals surface area contributed by atoms with Crippen LogP contribution in [-0.4, -0.2) is 38.9 Å². The summed E-state index contributed by atoms with van der Waals surface area (Å²) in [5.74, 6) is 2.54. The molecule has 0 atom stereocenters. The number of fused-ring (bicyclic) bond motifs is 5. The van der Waals surface area contributed by atoms with E-state index < -0.39 is 0 Å². The molecule has 0 radical (unpaired) electrons. The van der Waals surface area contributed by atoms with Gasteiger partial charge in [-0.3, -0.25) is 0 Å². The Morgan fingerprint density at radius 3 is 2.72 bits per heavy atom. The molecule has 0 aromatic heterocycles. The van der Waals surface area contributed by atoms with Gasteiger partial charge in [-0.2, -0.15) is 0 Å². The lowest BCUT2D eigenvalue weighted by atomic mass is 9.95. The molecule has 0 N–H and O–H groups in total. The summed E-state index contributed by atoms with van der Waals surface area (Å²) in [6, 6.07) is 12.7. The highest BCUT2D eigenvalue weighted by Gasteiger charge is 2.21. The second-order valence-corrected chi connectivity index (χ2v) is 6.49. The van der Waals surface area contributed by atoms with E-state index in [9.17, 15) is 0 Å². The van der Waals surface area contributed by atoms with Crippen molar-refractivity contribution in [2.45, 2.75) is 13.3 Å². The van der Waals surface area contributed by atoms with Crippen molar-refractivity contribution in [3.8, 4) is 17.2 Å². The highest BCUT2D eigenvalue weighted by molar-refractivity contribution is 6.13. The molecule has 0 saturated carbocycles. The average Bonchev–Trinajstić information content (AvgIpc) is 3.13. The molecular formula is C21H23NO3. The number of hydrogen-bond donors (Lipinski definition) is 0. The quantitative estimate of drug-likeness (QED) is 0.652. The van der Waals surface area contributed by atoms with Crippen LogP contribution in [0.4, 0.5) is 0 Å². The van der Waals surface area contributed by atoms with Crippen molar-refractivity contribution < 1.29 is 14.2 Å². The molecule has 0 saturated heterocycles. The SMILES string of the molecule is CCN(C)CCc1cc2c(c3c1ccc1ccc(OC)cc13)OCO2. The number of rotatable bonds is 5. The molecule has 4 rings (SSSR count). The van der Waals surface area contributed by atoms with Gasteiger partial charge in [0.2, 0.25) is 6.79 Å². The van der Waals surface area contributed by atoms with Gasteiger partial charge in [-0.1, -0.05) is 25.1 Å². The van der Waals surface area contributed by atoms with Crippen LogP contribution in [0, 0.1) is 0 Å². The Morgan fingerprint density at radius 2 is 1.92 bits per heavy atom. The molecular weight excluding hydrogens is 314 g/mol. The molecule has 0 aliphatic carbocycles. The standard InChI is InChI=1S/C21H23NO3/c1-4-22(2)10-9-15-11-19-21(25-13-24-19)20-17(15)8-6-14-5-7-16(23-3)12-18(14)20/h5-8,11-12H,4,9-10,13H2,1-3H3. The minimum Gasteiger partial charge on any atom is -0.497 e. The van der Waals surface area contributed by atoms with Crippen LogP contribution in [0.1, 0.15) is 12.5 Å². The lowest BCUT2D eigenvalue weighted by Crippen LogP contribution is -2.20. The van der Waals surface area contributed by atoms with Crippen LogP contribution in [0.15, 0.2) is 36.4 Å². The monoisotopic (exact) mass is 337 g/mol. The predicted molar refractivity (Wildman–Crippen MR) is 101 cm³/mol. The van der Waals surface area contributed by atoms with Crippen LogP contribution in [0.5, 0.6) is 17.2 Å². The normalized spacial score (nSPS) is 13.1. The summed E-state index contributed by atoms with van der Waals surface area (Å²) in [7, 11) is 3.85. The van der Waals surface area contributed by atoms with E-state index in [2.05, 4.69) is 49.2 Å². The highest BCUT2D eigenvalue weighted by Crippen LogP contribution is 2.45. The first kappa shape index (κ1) is 16.0. The third-order valence-corrected chi connectivity index (χ3v) is 5.05. The van der Waals surface area contributed by atoms with Crippen LogP contribution in [0.3, 0.4) is 0 Å². The van der Waals surface area contributed by atoms with Gasteiger partial charge in [-0.05, 0) is 59.9 Å². The largest absolute Gasteiger partial charge is 0.497 e. The Hall–Kier alpha value is -2.46. The Kier molecular flexibility index (Phi) is 4.14. The Bertz CT molecular complexity index is 935. The molecule has 1 aliphatic heterocycles. The molecule has 4 heteroatoms. The van der Waals surface area contributed by atoms with Gasteiger partial charge in [0.1, 0.15) is 5.75 Å². The lowest BCUT2D eigenvalue weighted by molar-refractivity contribution is 0.175.